The first-order chi connectivity index (χ1) is 8.47. The average Bonchev–Trinajstić information content (AvgIpc) is 2.39. The zero-order valence-corrected chi connectivity index (χ0v) is 12.4. The average molecular weight is 271 g/mol. The normalized spacial score (nSPS) is 28.8. The molecule has 104 valence electrons. The molecule has 18 heavy (non-hydrogen) atoms. The van der Waals surface area contributed by atoms with Crippen molar-refractivity contribution in [2.45, 2.75) is 58.8 Å². The molecule has 0 spiro atoms. The van der Waals surface area contributed by atoms with Crippen LogP contribution in [0.3, 0.4) is 0 Å². The Morgan fingerprint density at radius 3 is 2.33 bits per heavy atom. The predicted octanol–water partition coefficient (Wildman–Crippen LogP) is 3.31. The van der Waals surface area contributed by atoms with Crippen LogP contribution in [0.15, 0.2) is 0 Å². The first-order valence-electron chi connectivity index (χ1n) is 7.08. The molecular weight excluding hydrogens is 246 g/mol. The Hall–Kier alpha value is -0.560. The number of nitrogens with zero attached hydrogens (tertiary/aromatic N) is 1. The van der Waals surface area contributed by atoms with Gasteiger partial charge in [0, 0.05) is 5.75 Å². The maximum absolute atomic E-state index is 11.6. The third-order valence-electron chi connectivity index (χ3n) is 4.33. The highest BCUT2D eigenvalue weighted by Crippen LogP contribution is 2.42. The molecule has 1 aliphatic carbocycles. The lowest BCUT2D eigenvalue weighted by Gasteiger charge is -2.34. The molecule has 0 radical (unpaired) electrons. The fourth-order valence-electron chi connectivity index (χ4n) is 2.84. The van der Waals surface area contributed by atoms with Crippen LogP contribution in [0.5, 0.6) is 0 Å². The summed E-state index contributed by atoms with van der Waals surface area (Å²) in [5.74, 6) is 1.11. The van der Waals surface area contributed by atoms with Gasteiger partial charge in [-0.3, -0.25) is 0 Å². The standard InChI is InChI=1S/C14H25NO2S/c1-3-5-13-6-8-14(12-15,9-7-13)10-11-18(16,17)4-2/h13H,3-11H2,1-2H3. The van der Waals surface area contributed by atoms with E-state index in [-0.39, 0.29) is 16.9 Å². The van der Waals surface area contributed by atoms with Gasteiger partial charge < -0.3 is 0 Å². The summed E-state index contributed by atoms with van der Waals surface area (Å²) in [4.78, 5) is 0. The van der Waals surface area contributed by atoms with E-state index in [4.69, 9.17) is 0 Å². The second kappa shape index (κ2) is 6.56. The molecule has 4 heteroatoms. The Bertz CT molecular complexity index is 387. The third kappa shape index (κ3) is 4.28. The second-order valence-electron chi connectivity index (χ2n) is 5.61. The molecule has 1 rings (SSSR count). The summed E-state index contributed by atoms with van der Waals surface area (Å²) in [5.41, 5.74) is -0.369. The Balaban J connectivity index is 2.54. The minimum absolute atomic E-state index is 0.176. The van der Waals surface area contributed by atoms with E-state index in [0.29, 0.717) is 6.42 Å². The highest BCUT2D eigenvalue weighted by atomic mass is 32.2. The highest BCUT2D eigenvalue weighted by Gasteiger charge is 2.35. The molecule has 0 aromatic carbocycles. The largest absolute Gasteiger partial charge is 0.229 e. The van der Waals surface area contributed by atoms with Gasteiger partial charge in [0.1, 0.15) is 9.84 Å². The second-order valence-corrected chi connectivity index (χ2v) is 8.08. The first kappa shape index (κ1) is 15.5. The van der Waals surface area contributed by atoms with Crippen LogP contribution in [0.25, 0.3) is 0 Å². The molecule has 0 N–H and O–H groups in total. The van der Waals surface area contributed by atoms with Gasteiger partial charge in [0.15, 0.2) is 0 Å². The van der Waals surface area contributed by atoms with Gasteiger partial charge in [-0.15, -0.1) is 0 Å². The van der Waals surface area contributed by atoms with Crippen molar-refractivity contribution < 1.29 is 8.42 Å². The highest BCUT2D eigenvalue weighted by molar-refractivity contribution is 7.91. The zero-order valence-electron chi connectivity index (χ0n) is 11.6. The molecule has 0 aliphatic heterocycles. The van der Waals surface area contributed by atoms with Crippen molar-refractivity contribution in [1.29, 1.82) is 5.26 Å². The van der Waals surface area contributed by atoms with Crippen LogP contribution in [-0.2, 0) is 9.84 Å². The van der Waals surface area contributed by atoms with E-state index in [1.54, 1.807) is 6.92 Å². The lowest BCUT2D eigenvalue weighted by atomic mass is 9.69. The van der Waals surface area contributed by atoms with Gasteiger partial charge >= 0.3 is 0 Å². The van der Waals surface area contributed by atoms with Crippen molar-refractivity contribution in [1.82, 2.24) is 0 Å². The molecule has 0 bridgehead atoms. The molecule has 0 heterocycles. The van der Waals surface area contributed by atoms with Gasteiger partial charge in [0.2, 0.25) is 0 Å². The molecule has 0 aromatic rings. The Morgan fingerprint density at radius 2 is 1.89 bits per heavy atom. The third-order valence-corrected chi connectivity index (χ3v) is 6.03. The van der Waals surface area contributed by atoms with Crippen molar-refractivity contribution in [3.05, 3.63) is 0 Å². The van der Waals surface area contributed by atoms with Crippen molar-refractivity contribution in [3.8, 4) is 6.07 Å². The lowest BCUT2D eigenvalue weighted by Crippen LogP contribution is -2.29. The van der Waals surface area contributed by atoms with Gasteiger partial charge in [-0.1, -0.05) is 26.7 Å². The van der Waals surface area contributed by atoms with Crippen molar-refractivity contribution in [3.63, 3.8) is 0 Å². The van der Waals surface area contributed by atoms with Gasteiger partial charge in [-0.05, 0) is 38.0 Å². The lowest BCUT2D eigenvalue weighted by molar-refractivity contribution is 0.197. The van der Waals surface area contributed by atoms with Crippen molar-refractivity contribution in [2.75, 3.05) is 11.5 Å². The maximum atomic E-state index is 11.6. The quantitative estimate of drug-likeness (QED) is 0.744. The van der Waals surface area contributed by atoms with Crippen LogP contribution in [0.4, 0.5) is 0 Å². The van der Waals surface area contributed by atoms with Crippen LogP contribution in [-0.4, -0.2) is 19.9 Å². The summed E-state index contributed by atoms with van der Waals surface area (Å²) >= 11 is 0. The molecule has 1 fully saturated rings. The Morgan fingerprint density at radius 1 is 1.28 bits per heavy atom. The minimum atomic E-state index is -2.94. The van der Waals surface area contributed by atoms with Crippen LogP contribution in [0, 0.1) is 22.7 Å². The zero-order chi connectivity index (χ0) is 13.6. The van der Waals surface area contributed by atoms with Crippen LogP contribution in [0.2, 0.25) is 0 Å². The molecule has 0 atom stereocenters. The first-order valence-corrected chi connectivity index (χ1v) is 8.91. The van der Waals surface area contributed by atoms with E-state index in [0.717, 1.165) is 31.6 Å². The van der Waals surface area contributed by atoms with E-state index >= 15 is 0 Å². The fraction of sp³-hybridized carbons (Fsp3) is 0.929. The smallest absolute Gasteiger partial charge is 0.150 e. The number of hydrogen-bond acceptors (Lipinski definition) is 3. The number of nitriles is 1. The summed E-state index contributed by atoms with van der Waals surface area (Å²) < 4.78 is 23.1. The van der Waals surface area contributed by atoms with Gasteiger partial charge in [-0.25, -0.2) is 8.42 Å². The van der Waals surface area contributed by atoms with Gasteiger partial charge in [-0.2, -0.15) is 5.26 Å². The van der Waals surface area contributed by atoms with Gasteiger partial charge in [0.25, 0.3) is 0 Å². The minimum Gasteiger partial charge on any atom is -0.229 e. The van der Waals surface area contributed by atoms with Crippen molar-refractivity contribution >= 4 is 9.84 Å². The van der Waals surface area contributed by atoms with Gasteiger partial charge in [0.05, 0.1) is 17.2 Å². The van der Waals surface area contributed by atoms with E-state index in [1.807, 2.05) is 0 Å². The topological polar surface area (TPSA) is 57.9 Å². The van der Waals surface area contributed by atoms with Crippen LogP contribution < -0.4 is 0 Å². The SMILES string of the molecule is CCCC1CCC(C#N)(CCS(=O)(=O)CC)CC1. The molecule has 1 aliphatic rings. The predicted molar refractivity (Wildman–Crippen MR) is 73.9 cm³/mol. The summed E-state index contributed by atoms with van der Waals surface area (Å²) in [7, 11) is -2.94. The summed E-state index contributed by atoms with van der Waals surface area (Å²) in [6.07, 6.45) is 6.92. The summed E-state index contributed by atoms with van der Waals surface area (Å²) in [5, 5.41) is 9.38. The summed E-state index contributed by atoms with van der Waals surface area (Å²) in [6.45, 7) is 3.87. The fourth-order valence-corrected chi connectivity index (χ4v) is 3.83. The van der Waals surface area contributed by atoms with E-state index in [9.17, 15) is 13.7 Å². The molecule has 0 aromatic heterocycles. The molecule has 0 amide bonds. The monoisotopic (exact) mass is 271 g/mol. The Kier molecular flexibility index (Phi) is 5.65. The molecule has 0 unspecified atom stereocenters. The molecule has 3 nitrogen and oxygen atoms in total. The van der Waals surface area contributed by atoms with Crippen LogP contribution in [0.1, 0.15) is 58.8 Å². The molecule has 0 saturated heterocycles. The number of hydrogen-bond donors (Lipinski definition) is 0. The van der Waals surface area contributed by atoms with E-state index in [2.05, 4.69) is 13.0 Å². The maximum Gasteiger partial charge on any atom is 0.150 e. The number of rotatable bonds is 6. The number of sulfone groups is 1. The molecule has 1 saturated carbocycles. The van der Waals surface area contributed by atoms with Crippen LogP contribution >= 0.6 is 0 Å². The molecular formula is C14H25NO2S. The Labute approximate surface area is 111 Å². The van der Waals surface area contributed by atoms with E-state index < -0.39 is 9.84 Å². The van der Waals surface area contributed by atoms with E-state index in [1.165, 1.54) is 12.8 Å². The van der Waals surface area contributed by atoms with Crippen molar-refractivity contribution in [2.24, 2.45) is 11.3 Å². The summed E-state index contributed by atoms with van der Waals surface area (Å²) in [6, 6.07) is 2.41.